The second-order valence-corrected chi connectivity index (χ2v) is 6.66. The molecule has 10 nitrogen and oxygen atoms in total. The van der Waals surface area contributed by atoms with Gasteiger partial charge in [-0.1, -0.05) is 24.3 Å². The molecule has 0 fully saturated rings. The monoisotopic (exact) mass is 378 g/mol. The molecule has 0 saturated carbocycles. The molecule has 11 heteroatoms. The third-order valence-corrected chi connectivity index (χ3v) is 4.19. The number of para-hydroxylation sites is 2. The molecular weight excluding hydrogens is 364 g/mol. The number of anilines is 1. The predicted octanol–water partition coefficient (Wildman–Crippen LogP) is 0.497. The van der Waals surface area contributed by atoms with Gasteiger partial charge >= 0.3 is 11.8 Å². The highest BCUT2D eigenvalue weighted by Crippen LogP contribution is 2.22. The SMILES string of the molecule is NS(=O)(=O)c1ccc(CNC(=O)C(=O)Nc2ccccc2[N+](=O)[O-])cc1. The predicted molar refractivity (Wildman–Crippen MR) is 91.4 cm³/mol. The molecule has 2 aromatic rings. The van der Waals surface area contributed by atoms with E-state index in [2.05, 4.69) is 10.6 Å². The number of hydrogen-bond donors (Lipinski definition) is 3. The molecule has 0 aromatic heterocycles. The maximum atomic E-state index is 11.9. The minimum absolute atomic E-state index is 0.0476. The quantitative estimate of drug-likeness (QED) is 0.390. The van der Waals surface area contributed by atoms with E-state index >= 15 is 0 Å². The van der Waals surface area contributed by atoms with Gasteiger partial charge in [0.25, 0.3) is 5.69 Å². The molecule has 0 aliphatic carbocycles. The third kappa shape index (κ3) is 4.84. The number of nitrogens with two attached hydrogens (primary N) is 1. The lowest BCUT2D eigenvalue weighted by Crippen LogP contribution is -2.35. The maximum Gasteiger partial charge on any atom is 0.313 e. The largest absolute Gasteiger partial charge is 0.344 e. The Bertz CT molecular complexity index is 956. The number of nitrogens with one attached hydrogen (secondary N) is 2. The van der Waals surface area contributed by atoms with Crippen LogP contribution < -0.4 is 15.8 Å². The van der Waals surface area contributed by atoms with Crippen LogP contribution >= 0.6 is 0 Å². The Morgan fingerprint density at radius 1 is 1.04 bits per heavy atom. The number of primary sulfonamides is 1. The van der Waals surface area contributed by atoms with E-state index in [9.17, 15) is 28.1 Å². The maximum absolute atomic E-state index is 11.9. The highest BCUT2D eigenvalue weighted by molar-refractivity contribution is 7.89. The summed E-state index contributed by atoms with van der Waals surface area (Å²) in [4.78, 5) is 33.8. The summed E-state index contributed by atoms with van der Waals surface area (Å²) < 4.78 is 22.3. The van der Waals surface area contributed by atoms with Gasteiger partial charge in [0.05, 0.1) is 9.82 Å². The van der Waals surface area contributed by atoms with Gasteiger partial charge in [-0.3, -0.25) is 19.7 Å². The zero-order valence-electron chi connectivity index (χ0n) is 13.2. The summed E-state index contributed by atoms with van der Waals surface area (Å²) in [5, 5.41) is 20.4. The molecule has 0 saturated heterocycles. The topological polar surface area (TPSA) is 162 Å². The van der Waals surface area contributed by atoms with E-state index < -0.39 is 26.8 Å². The molecule has 0 radical (unpaired) electrons. The van der Waals surface area contributed by atoms with Crippen LogP contribution in [0.1, 0.15) is 5.56 Å². The van der Waals surface area contributed by atoms with Crippen LogP contribution in [0.5, 0.6) is 0 Å². The van der Waals surface area contributed by atoms with Crippen molar-refractivity contribution in [1.82, 2.24) is 5.32 Å². The van der Waals surface area contributed by atoms with Crippen LogP contribution in [0.3, 0.4) is 0 Å². The molecule has 2 rings (SSSR count). The lowest BCUT2D eigenvalue weighted by atomic mass is 10.2. The van der Waals surface area contributed by atoms with E-state index in [4.69, 9.17) is 5.14 Å². The van der Waals surface area contributed by atoms with Crippen molar-refractivity contribution in [1.29, 1.82) is 0 Å². The van der Waals surface area contributed by atoms with Crippen molar-refractivity contribution in [3.05, 3.63) is 64.2 Å². The normalized spacial score (nSPS) is 10.8. The Morgan fingerprint density at radius 3 is 2.23 bits per heavy atom. The van der Waals surface area contributed by atoms with Crippen LogP contribution in [0, 0.1) is 10.1 Å². The highest BCUT2D eigenvalue weighted by Gasteiger charge is 2.19. The van der Waals surface area contributed by atoms with Gasteiger partial charge in [0, 0.05) is 12.6 Å². The molecular formula is C15H14N4O6S. The molecule has 0 spiro atoms. The summed E-state index contributed by atoms with van der Waals surface area (Å²) >= 11 is 0. The fourth-order valence-electron chi connectivity index (χ4n) is 1.98. The van der Waals surface area contributed by atoms with Crippen molar-refractivity contribution in [2.24, 2.45) is 5.14 Å². The molecule has 2 aromatic carbocycles. The van der Waals surface area contributed by atoms with Crippen LogP contribution in [0.25, 0.3) is 0 Å². The van der Waals surface area contributed by atoms with E-state index in [-0.39, 0.29) is 22.8 Å². The number of amides is 2. The average molecular weight is 378 g/mol. The summed E-state index contributed by atoms with van der Waals surface area (Å²) in [5.74, 6) is -2.07. The Labute approximate surface area is 148 Å². The molecule has 26 heavy (non-hydrogen) atoms. The van der Waals surface area contributed by atoms with Gasteiger partial charge in [-0.15, -0.1) is 0 Å². The van der Waals surface area contributed by atoms with Gasteiger partial charge in [-0.25, -0.2) is 13.6 Å². The van der Waals surface area contributed by atoms with Crippen LogP contribution in [-0.4, -0.2) is 25.2 Å². The first kappa shape index (κ1) is 19.0. The van der Waals surface area contributed by atoms with Gasteiger partial charge in [0.15, 0.2) is 0 Å². The molecule has 0 aliphatic heterocycles. The standard InChI is InChI=1S/C15H14N4O6S/c16-26(24,25)11-7-5-10(6-8-11)9-17-14(20)15(21)18-12-3-1-2-4-13(12)19(22)23/h1-8H,9H2,(H,17,20)(H,18,21)(H2,16,24,25). The average Bonchev–Trinajstić information content (AvgIpc) is 2.59. The van der Waals surface area contributed by atoms with Crippen molar-refractivity contribution >= 4 is 33.2 Å². The van der Waals surface area contributed by atoms with Crippen molar-refractivity contribution in [3.8, 4) is 0 Å². The first-order valence-electron chi connectivity index (χ1n) is 7.13. The fourth-order valence-corrected chi connectivity index (χ4v) is 2.49. The van der Waals surface area contributed by atoms with E-state index in [1.54, 1.807) is 0 Å². The fraction of sp³-hybridized carbons (Fsp3) is 0.0667. The Morgan fingerprint density at radius 2 is 1.65 bits per heavy atom. The Kier molecular flexibility index (Phi) is 5.64. The number of benzene rings is 2. The molecule has 2 amide bonds. The summed E-state index contributed by atoms with van der Waals surface area (Å²) in [6.45, 7) is -0.0476. The number of sulfonamides is 1. The van der Waals surface area contributed by atoms with Crippen molar-refractivity contribution in [3.63, 3.8) is 0 Å². The zero-order chi connectivity index (χ0) is 19.3. The molecule has 0 bridgehead atoms. The summed E-state index contributed by atoms with van der Waals surface area (Å²) in [7, 11) is -3.82. The smallest absolute Gasteiger partial charge is 0.313 e. The van der Waals surface area contributed by atoms with Crippen molar-refractivity contribution < 1.29 is 22.9 Å². The number of carbonyl (C=O) groups is 2. The third-order valence-electron chi connectivity index (χ3n) is 3.26. The van der Waals surface area contributed by atoms with Gasteiger partial charge < -0.3 is 10.6 Å². The molecule has 136 valence electrons. The summed E-state index contributed by atoms with van der Waals surface area (Å²) in [5.41, 5.74) is 0.0895. The van der Waals surface area contributed by atoms with Crippen LogP contribution in [0.4, 0.5) is 11.4 Å². The number of carbonyl (C=O) groups excluding carboxylic acids is 2. The number of nitrogens with zero attached hydrogens (tertiary/aromatic N) is 1. The molecule has 4 N–H and O–H groups in total. The molecule has 0 aliphatic rings. The first-order valence-corrected chi connectivity index (χ1v) is 8.67. The van der Waals surface area contributed by atoms with Crippen LogP contribution in [0.2, 0.25) is 0 Å². The number of rotatable bonds is 5. The van der Waals surface area contributed by atoms with Gasteiger partial charge in [0.2, 0.25) is 10.0 Å². The second-order valence-electron chi connectivity index (χ2n) is 5.10. The minimum atomic E-state index is -3.82. The second kappa shape index (κ2) is 7.72. The Hall–Kier alpha value is -3.31. The minimum Gasteiger partial charge on any atom is -0.344 e. The zero-order valence-corrected chi connectivity index (χ0v) is 14.0. The van der Waals surface area contributed by atoms with Crippen molar-refractivity contribution in [2.45, 2.75) is 11.4 Å². The number of nitro benzene ring substituents is 1. The summed E-state index contributed by atoms with van der Waals surface area (Å²) in [6, 6.07) is 10.8. The molecule has 0 heterocycles. The van der Waals surface area contributed by atoms with Gasteiger partial charge in [-0.2, -0.15) is 0 Å². The lowest BCUT2D eigenvalue weighted by molar-refractivity contribution is -0.383. The Balaban J connectivity index is 1.98. The number of hydrogen-bond acceptors (Lipinski definition) is 6. The van der Waals surface area contributed by atoms with E-state index in [1.165, 1.54) is 48.5 Å². The van der Waals surface area contributed by atoms with Crippen LogP contribution in [-0.2, 0) is 26.2 Å². The van der Waals surface area contributed by atoms with E-state index in [0.717, 1.165) is 0 Å². The van der Waals surface area contributed by atoms with Crippen LogP contribution in [0.15, 0.2) is 53.4 Å². The molecule has 0 unspecified atom stereocenters. The van der Waals surface area contributed by atoms with E-state index in [1.807, 2.05) is 0 Å². The number of nitro groups is 1. The summed E-state index contributed by atoms with van der Waals surface area (Å²) in [6.07, 6.45) is 0. The first-order chi connectivity index (χ1) is 12.2. The lowest BCUT2D eigenvalue weighted by Gasteiger charge is -2.07. The van der Waals surface area contributed by atoms with Crippen molar-refractivity contribution in [2.75, 3.05) is 5.32 Å². The molecule has 0 atom stereocenters. The van der Waals surface area contributed by atoms with Gasteiger partial charge in [0.1, 0.15) is 5.69 Å². The van der Waals surface area contributed by atoms with Gasteiger partial charge in [-0.05, 0) is 23.8 Å². The van der Waals surface area contributed by atoms with E-state index in [0.29, 0.717) is 5.56 Å². The highest BCUT2D eigenvalue weighted by atomic mass is 32.2.